The number of rotatable bonds is 6. The van der Waals surface area contributed by atoms with Crippen LogP contribution in [0.25, 0.3) is 0 Å². The maximum atomic E-state index is 12.0. The van der Waals surface area contributed by atoms with Crippen molar-refractivity contribution in [3.63, 3.8) is 0 Å². The Kier molecular flexibility index (Phi) is 4.58. The van der Waals surface area contributed by atoms with Gasteiger partial charge >= 0.3 is 0 Å². The van der Waals surface area contributed by atoms with E-state index in [2.05, 4.69) is 26.7 Å². The van der Waals surface area contributed by atoms with Gasteiger partial charge in [-0.2, -0.15) is 0 Å². The highest BCUT2D eigenvalue weighted by Crippen LogP contribution is 2.31. The first-order chi connectivity index (χ1) is 10.3. The lowest BCUT2D eigenvalue weighted by molar-refractivity contribution is -0.133. The molecule has 3 rings (SSSR count). The van der Waals surface area contributed by atoms with Crippen molar-refractivity contribution in [2.45, 2.75) is 58.2 Å². The van der Waals surface area contributed by atoms with Gasteiger partial charge in [0.2, 0.25) is 5.91 Å². The maximum Gasteiger partial charge on any atom is 0.225 e. The van der Waals surface area contributed by atoms with Crippen molar-refractivity contribution in [3.05, 3.63) is 18.2 Å². The van der Waals surface area contributed by atoms with E-state index in [4.69, 9.17) is 0 Å². The molecule has 1 amide bonds. The Bertz CT molecular complexity index is 472. The summed E-state index contributed by atoms with van der Waals surface area (Å²) < 4.78 is 2.22. The molecule has 1 saturated carbocycles. The molecule has 0 aromatic carbocycles. The van der Waals surface area contributed by atoms with Gasteiger partial charge in [0.15, 0.2) is 0 Å². The molecule has 1 aromatic rings. The Morgan fingerprint density at radius 1 is 1.33 bits per heavy atom. The lowest BCUT2D eigenvalue weighted by Crippen LogP contribution is -2.45. The third-order valence-electron chi connectivity index (χ3n) is 4.57. The molecule has 2 aliphatic rings. The Morgan fingerprint density at radius 2 is 2.10 bits per heavy atom. The summed E-state index contributed by atoms with van der Waals surface area (Å²) in [4.78, 5) is 18.3. The number of nitrogens with one attached hydrogen (secondary N) is 1. The number of nitrogens with zero attached hydrogens (tertiary/aromatic N) is 3. The van der Waals surface area contributed by atoms with Crippen LogP contribution in [0.4, 0.5) is 0 Å². The van der Waals surface area contributed by atoms with Crippen LogP contribution >= 0.6 is 0 Å². The van der Waals surface area contributed by atoms with Crippen LogP contribution in [0.5, 0.6) is 0 Å². The van der Waals surface area contributed by atoms with E-state index >= 15 is 0 Å². The zero-order chi connectivity index (χ0) is 14.7. The summed E-state index contributed by atoms with van der Waals surface area (Å²) in [5, 5.41) is 3.63. The number of hydrogen-bond donors (Lipinski definition) is 1. The van der Waals surface area contributed by atoms with Crippen LogP contribution in [-0.4, -0.2) is 39.5 Å². The summed E-state index contributed by atoms with van der Waals surface area (Å²) in [6.45, 7) is 5.93. The highest BCUT2D eigenvalue weighted by atomic mass is 16.2. The van der Waals surface area contributed by atoms with E-state index in [1.807, 2.05) is 12.5 Å². The molecule has 1 aromatic heterocycles. The van der Waals surface area contributed by atoms with E-state index in [1.54, 1.807) is 0 Å². The third kappa shape index (κ3) is 3.64. The normalized spacial score (nSPS) is 20.0. The number of carbonyl (C=O) groups excluding carboxylic acids is 1. The lowest BCUT2D eigenvalue weighted by atomic mass is 10.0. The van der Waals surface area contributed by atoms with Crippen LogP contribution in [0, 0.1) is 5.92 Å². The van der Waals surface area contributed by atoms with Crippen LogP contribution in [0.15, 0.2) is 12.5 Å². The number of imidazole rings is 1. The number of piperidine rings is 1. The second-order valence-corrected chi connectivity index (χ2v) is 6.33. The molecule has 0 bridgehead atoms. The van der Waals surface area contributed by atoms with Gasteiger partial charge in [-0.15, -0.1) is 0 Å². The van der Waals surface area contributed by atoms with Crippen molar-refractivity contribution in [3.8, 4) is 0 Å². The predicted molar refractivity (Wildman–Crippen MR) is 81.7 cm³/mol. The number of aromatic nitrogens is 2. The topological polar surface area (TPSA) is 50.2 Å². The van der Waals surface area contributed by atoms with Crippen molar-refractivity contribution < 1.29 is 4.79 Å². The van der Waals surface area contributed by atoms with Gasteiger partial charge in [-0.05, 0) is 32.1 Å². The van der Waals surface area contributed by atoms with Gasteiger partial charge < -0.3 is 14.8 Å². The highest BCUT2D eigenvalue weighted by Gasteiger charge is 2.34. The fraction of sp³-hybridized carbons (Fsp3) is 0.750. The lowest BCUT2D eigenvalue weighted by Gasteiger charge is -2.32. The largest absolute Gasteiger partial charge is 0.342 e. The number of amides is 1. The Balaban J connectivity index is 1.42. The molecule has 5 heteroatoms. The van der Waals surface area contributed by atoms with E-state index in [0.29, 0.717) is 17.9 Å². The SMILES string of the molecule is CCCn1cncc1CNC1CCN(C(=O)C2CC2)CC1. The summed E-state index contributed by atoms with van der Waals surface area (Å²) in [6, 6.07) is 0.526. The van der Waals surface area contributed by atoms with Gasteiger partial charge in [0.05, 0.1) is 12.0 Å². The monoisotopic (exact) mass is 290 g/mol. The van der Waals surface area contributed by atoms with Crippen LogP contribution in [0.1, 0.15) is 44.7 Å². The molecular weight excluding hydrogens is 264 g/mol. The number of aryl methyl sites for hydroxylation is 1. The molecule has 1 aliphatic carbocycles. The van der Waals surface area contributed by atoms with Gasteiger partial charge in [-0.3, -0.25) is 4.79 Å². The van der Waals surface area contributed by atoms with Crippen molar-refractivity contribution in [1.82, 2.24) is 19.8 Å². The van der Waals surface area contributed by atoms with Gasteiger partial charge in [0.1, 0.15) is 0 Å². The first-order valence-corrected chi connectivity index (χ1v) is 8.29. The number of likely N-dealkylation sites (tertiary alicyclic amines) is 1. The Hall–Kier alpha value is -1.36. The van der Waals surface area contributed by atoms with Crippen LogP contribution in [-0.2, 0) is 17.9 Å². The minimum Gasteiger partial charge on any atom is -0.342 e. The maximum absolute atomic E-state index is 12.0. The molecular formula is C16H26N4O. The standard InChI is InChI=1S/C16H26N4O/c1-2-7-20-12-17-10-15(20)11-18-14-5-8-19(9-6-14)16(21)13-3-4-13/h10,12-14,18H,2-9,11H2,1H3. The molecule has 1 saturated heterocycles. The molecule has 1 N–H and O–H groups in total. The first-order valence-electron chi connectivity index (χ1n) is 8.29. The summed E-state index contributed by atoms with van der Waals surface area (Å²) in [5.74, 6) is 0.757. The smallest absolute Gasteiger partial charge is 0.225 e. The van der Waals surface area contributed by atoms with E-state index < -0.39 is 0 Å². The average Bonchev–Trinajstić information content (AvgIpc) is 3.27. The van der Waals surface area contributed by atoms with Crippen LogP contribution in [0.2, 0.25) is 0 Å². The molecule has 2 heterocycles. The summed E-state index contributed by atoms with van der Waals surface area (Å²) in [6.07, 6.45) is 9.36. The second-order valence-electron chi connectivity index (χ2n) is 6.33. The van der Waals surface area contributed by atoms with Crippen molar-refractivity contribution in [2.24, 2.45) is 5.92 Å². The highest BCUT2D eigenvalue weighted by molar-refractivity contribution is 5.81. The molecule has 2 fully saturated rings. The third-order valence-corrected chi connectivity index (χ3v) is 4.57. The molecule has 116 valence electrons. The molecule has 0 atom stereocenters. The van der Waals surface area contributed by atoms with E-state index in [0.717, 1.165) is 58.3 Å². The van der Waals surface area contributed by atoms with E-state index in [-0.39, 0.29) is 0 Å². The first kappa shape index (κ1) is 14.6. The predicted octanol–water partition coefficient (Wildman–Crippen LogP) is 1.78. The minimum atomic E-state index is 0.359. The zero-order valence-electron chi connectivity index (χ0n) is 12.9. The van der Waals surface area contributed by atoms with Gasteiger partial charge in [-0.1, -0.05) is 6.92 Å². The molecule has 5 nitrogen and oxygen atoms in total. The summed E-state index contributed by atoms with van der Waals surface area (Å²) in [7, 11) is 0. The van der Waals surface area contributed by atoms with E-state index in [1.165, 1.54) is 5.69 Å². The molecule has 21 heavy (non-hydrogen) atoms. The van der Waals surface area contributed by atoms with Gasteiger partial charge in [-0.25, -0.2) is 4.98 Å². The van der Waals surface area contributed by atoms with E-state index in [9.17, 15) is 4.79 Å². The Labute approximate surface area is 126 Å². The molecule has 0 spiro atoms. The second kappa shape index (κ2) is 6.60. The van der Waals surface area contributed by atoms with Gasteiger partial charge in [0, 0.05) is 44.3 Å². The number of carbonyl (C=O) groups is 1. The average molecular weight is 290 g/mol. The summed E-state index contributed by atoms with van der Waals surface area (Å²) >= 11 is 0. The fourth-order valence-electron chi connectivity index (χ4n) is 3.08. The minimum absolute atomic E-state index is 0.359. The molecule has 0 unspecified atom stereocenters. The van der Waals surface area contributed by atoms with Crippen molar-refractivity contribution >= 4 is 5.91 Å². The molecule has 0 radical (unpaired) electrons. The number of hydrogen-bond acceptors (Lipinski definition) is 3. The van der Waals surface area contributed by atoms with Crippen LogP contribution < -0.4 is 5.32 Å². The zero-order valence-corrected chi connectivity index (χ0v) is 12.9. The van der Waals surface area contributed by atoms with Crippen molar-refractivity contribution in [2.75, 3.05) is 13.1 Å². The van der Waals surface area contributed by atoms with Gasteiger partial charge in [0.25, 0.3) is 0 Å². The quantitative estimate of drug-likeness (QED) is 0.869. The summed E-state index contributed by atoms with van der Waals surface area (Å²) in [5.41, 5.74) is 1.26. The van der Waals surface area contributed by atoms with Crippen LogP contribution in [0.3, 0.4) is 0 Å². The Morgan fingerprint density at radius 3 is 2.76 bits per heavy atom. The fourth-order valence-corrected chi connectivity index (χ4v) is 3.08. The van der Waals surface area contributed by atoms with Crippen molar-refractivity contribution in [1.29, 1.82) is 0 Å². The molecule has 1 aliphatic heterocycles.